The Morgan fingerprint density at radius 2 is 2.13 bits per heavy atom. The van der Waals surface area contributed by atoms with Gasteiger partial charge in [0.25, 0.3) is 0 Å². The summed E-state index contributed by atoms with van der Waals surface area (Å²) in [6.45, 7) is 3.55. The number of tetrazole rings is 1. The largest absolute Gasteiger partial charge is 0.338 e. The highest BCUT2D eigenvalue weighted by molar-refractivity contribution is 8.00. The number of hydrogen-bond donors (Lipinski definition) is 1. The third-order valence-electron chi connectivity index (χ3n) is 2.97. The Balaban J connectivity index is 1.70. The molecule has 3 rings (SSSR count). The van der Waals surface area contributed by atoms with Crippen molar-refractivity contribution in [3.63, 3.8) is 0 Å². The second-order valence-electron chi connectivity index (χ2n) is 4.79. The van der Waals surface area contributed by atoms with Crippen molar-refractivity contribution < 1.29 is 9.32 Å². The Kier molecular flexibility index (Phi) is 4.38. The highest BCUT2D eigenvalue weighted by Crippen LogP contribution is 2.23. The first kappa shape index (κ1) is 15.2. The fourth-order valence-electron chi connectivity index (χ4n) is 1.84. The molecule has 0 spiro atoms. The van der Waals surface area contributed by atoms with Crippen LogP contribution in [0.15, 0.2) is 46.1 Å². The Bertz CT molecular complexity index is 800. The van der Waals surface area contributed by atoms with Crippen LogP contribution in [0.1, 0.15) is 12.6 Å². The third kappa shape index (κ3) is 3.57. The molecule has 9 heteroatoms. The van der Waals surface area contributed by atoms with Gasteiger partial charge in [0.1, 0.15) is 0 Å². The summed E-state index contributed by atoms with van der Waals surface area (Å²) in [6, 6.07) is 11.1. The van der Waals surface area contributed by atoms with Crippen LogP contribution in [0.2, 0.25) is 0 Å². The van der Waals surface area contributed by atoms with Crippen molar-refractivity contribution in [2.24, 2.45) is 0 Å². The van der Waals surface area contributed by atoms with Crippen molar-refractivity contribution >= 4 is 23.6 Å². The van der Waals surface area contributed by atoms with Crippen LogP contribution in [0, 0.1) is 6.92 Å². The third-order valence-corrected chi connectivity index (χ3v) is 4.00. The predicted molar refractivity (Wildman–Crippen MR) is 84.3 cm³/mol. The van der Waals surface area contributed by atoms with Crippen LogP contribution in [0.5, 0.6) is 0 Å². The van der Waals surface area contributed by atoms with E-state index >= 15 is 0 Å². The van der Waals surface area contributed by atoms with Crippen molar-refractivity contribution in [1.29, 1.82) is 0 Å². The van der Waals surface area contributed by atoms with Crippen LogP contribution in [-0.2, 0) is 4.79 Å². The molecule has 1 amide bonds. The first-order valence-electron chi connectivity index (χ1n) is 6.88. The predicted octanol–water partition coefficient (Wildman–Crippen LogP) is 2.08. The molecule has 1 unspecified atom stereocenters. The summed E-state index contributed by atoms with van der Waals surface area (Å²) >= 11 is 1.26. The standard InChI is InChI=1S/C14H14N6O2S/c1-9-8-12(22-17-9)15-13(21)10(2)23-14-16-18-19-20(14)11-6-4-3-5-7-11/h3-8,10H,1-2H3,(H,15,21). The molecule has 1 N–H and O–H groups in total. The van der Waals surface area contributed by atoms with Crippen LogP contribution in [-0.4, -0.2) is 36.5 Å². The molecule has 2 aromatic heterocycles. The number of nitrogens with one attached hydrogen (secondary N) is 1. The molecule has 0 aliphatic heterocycles. The summed E-state index contributed by atoms with van der Waals surface area (Å²) in [5.74, 6) is 0.108. The fourth-order valence-corrected chi connectivity index (χ4v) is 2.65. The molecule has 0 aliphatic rings. The average molecular weight is 330 g/mol. The van der Waals surface area contributed by atoms with Crippen molar-refractivity contribution in [2.75, 3.05) is 5.32 Å². The zero-order valence-corrected chi connectivity index (χ0v) is 13.3. The number of benzene rings is 1. The van der Waals surface area contributed by atoms with E-state index in [4.69, 9.17) is 4.52 Å². The minimum atomic E-state index is -0.408. The lowest BCUT2D eigenvalue weighted by Crippen LogP contribution is -2.22. The number of rotatable bonds is 5. The van der Waals surface area contributed by atoms with Crippen molar-refractivity contribution in [3.8, 4) is 5.69 Å². The Hall–Kier alpha value is -2.68. The number of carbonyl (C=O) groups is 1. The molecule has 0 saturated heterocycles. The van der Waals surface area contributed by atoms with Gasteiger partial charge in [0.2, 0.25) is 16.9 Å². The van der Waals surface area contributed by atoms with E-state index < -0.39 is 5.25 Å². The van der Waals surface area contributed by atoms with E-state index in [1.165, 1.54) is 11.8 Å². The summed E-state index contributed by atoms with van der Waals surface area (Å²) in [4.78, 5) is 12.2. The monoisotopic (exact) mass is 330 g/mol. The minimum Gasteiger partial charge on any atom is -0.338 e. The molecule has 1 atom stereocenters. The Morgan fingerprint density at radius 1 is 1.35 bits per heavy atom. The zero-order valence-electron chi connectivity index (χ0n) is 12.5. The van der Waals surface area contributed by atoms with Gasteiger partial charge >= 0.3 is 0 Å². The van der Waals surface area contributed by atoms with Gasteiger partial charge in [-0.05, 0) is 36.4 Å². The lowest BCUT2D eigenvalue weighted by molar-refractivity contribution is -0.115. The number of thioether (sulfide) groups is 1. The highest BCUT2D eigenvalue weighted by Gasteiger charge is 2.20. The maximum Gasteiger partial charge on any atom is 0.240 e. The van der Waals surface area contributed by atoms with Gasteiger partial charge in [-0.2, -0.15) is 4.68 Å². The van der Waals surface area contributed by atoms with Crippen LogP contribution < -0.4 is 5.32 Å². The molecular formula is C14H14N6O2S. The molecule has 0 aliphatic carbocycles. The molecule has 2 heterocycles. The first-order chi connectivity index (χ1) is 11.1. The quantitative estimate of drug-likeness (QED) is 0.715. The van der Waals surface area contributed by atoms with E-state index in [1.54, 1.807) is 24.6 Å². The van der Waals surface area contributed by atoms with Gasteiger partial charge in [-0.15, -0.1) is 5.10 Å². The summed E-state index contributed by atoms with van der Waals surface area (Å²) in [5.41, 5.74) is 1.53. The number of hydrogen-bond acceptors (Lipinski definition) is 7. The smallest absolute Gasteiger partial charge is 0.240 e. The van der Waals surface area contributed by atoms with E-state index in [1.807, 2.05) is 30.3 Å². The number of carbonyl (C=O) groups excluding carboxylic acids is 1. The number of nitrogens with zero attached hydrogens (tertiary/aromatic N) is 5. The fraction of sp³-hybridized carbons (Fsp3) is 0.214. The van der Waals surface area contributed by atoms with Gasteiger partial charge in [-0.1, -0.05) is 35.1 Å². The van der Waals surface area contributed by atoms with Crippen LogP contribution in [0.25, 0.3) is 5.69 Å². The van der Waals surface area contributed by atoms with E-state index in [0.29, 0.717) is 16.7 Å². The summed E-state index contributed by atoms with van der Waals surface area (Å²) in [5, 5.41) is 18.1. The molecule has 0 radical (unpaired) electrons. The number of aryl methyl sites for hydroxylation is 1. The Morgan fingerprint density at radius 3 is 2.83 bits per heavy atom. The van der Waals surface area contributed by atoms with Crippen LogP contribution in [0.4, 0.5) is 5.88 Å². The Labute approximate surface area is 136 Å². The van der Waals surface area contributed by atoms with Gasteiger partial charge in [-0.3, -0.25) is 10.1 Å². The lowest BCUT2D eigenvalue weighted by atomic mass is 10.3. The summed E-state index contributed by atoms with van der Waals surface area (Å²) < 4.78 is 6.57. The number of amides is 1. The number of para-hydroxylation sites is 1. The molecule has 1 aromatic carbocycles. The number of anilines is 1. The molecule has 3 aromatic rings. The van der Waals surface area contributed by atoms with E-state index in [9.17, 15) is 4.79 Å². The number of aromatic nitrogens is 5. The van der Waals surface area contributed by atoms with Gasteiger partial charge in [0.15, 0.2) is 0 Å². The molecular weight excluding hydrogens is 316 g/mol. The molecule has 8 nitrogen and oxygen atoms in total. The minimum absolute atomic E-state index is 0.214. The SMILES string of the molecule is Cc1cc(NC(=O)C(C)Sc2nnnn2-c2ccccc2)on1. The van der Waals surface area contributed by atoms with Gasteiger partial charge in [-0.25, -0.2) is 0 Å². The van der Waals surface area contributed by atoms with Crippen LogP contribution in [0.3, 0.4) is 0 Å². The van der Waals surface area contributed by atoms with Gasteiger partial charge in [0, 0.05) is 6.07 Å². The molecule has 0 bridgehead atoms. The second-order valence-corrected chi connectivity index (χ2v) is 6.10. The average Bonchev–Trinajstić information content (AvgIpc) is 3.17. The molecule has 23 heavy (non-hydrogen) atoms. The van der Waals surface area contributed by atoms with Crippen LogP contribution >= 0.6 is 11.8 Å². The van der Waals surface area contributed by atoms with Gasteiger partial charge in [0.05, 0.1) is 16.6 Å². The zero-order chi connectivity index (χ0) is 16.2. The molecule has 0 saturated carbocycles. The maximum absolute atomic E-state index is 12.2. The maximum atomic E-state index is 12.2. The summed E-state index contributed by atoms with van der Waals surface area (Å²) in [6.07, 6.45) is 0. The second kappa shape index (κ2) is 6.61. The molecule has 0 fully saturated rings. The van der Waals surface area contributed by atoms with E-state index in [-0.39, 0.29) is 5.91 Å². The summed E-state index contributed by atoms with van der Waals surface area (Å²) in [7, 11) is 0. The van der Waals surface area contributed by atoms with E-state index in [2.05, 4.69) is 26.0 Å². The highest BCUT2D eigenvalue weighted by atomic mass is 32.2. The van der Waals surface area contributed by atoms with Crippen molar-refractivity contribution in [1.82, 2.24) is 25.4 Å². The van der Waals surface area contributed by atoms with Gasteiger partial charge < -0.3 is 4.52 Å². The first-order valence-corrected chi connectivity index (χ1v) is 7.76. The van der Waals surface area contributed by atoms with Crippen molar-refractivity contribution in [3.05, 3.63) is 42.1 Å². The normalized spacial score (nSPS) is 12.1. The lowest BCUT2D eigenvalue weighted by Gasteiger charge is -2.09. The van der Waals surface area contributed by atoms with E-state index in [0.717, 1.165) is 5.69 Å². The van der Waals surface area contributed by atoms with Crippen molar-refractivity contribution in [2.45, 2.75) is 24.3 Å². The molecule has 118 valence electrons. The topological polar surface area (TPSA) is 98.7 Å².